The first-order valence-electron chi connectivity index (χ1n) is 7.87. The van der Waals surface area contributed by atoms with Crippen LogP contribution in [0.4, 0.5) is 0 Å². The Labute approximate surface area is 146 Å². The van der Waals surface area contributed by atoms with Gasteiger partial charge < -0.3 is 10.0 Å². The van der Waals surface area contributed by atoms with Crippen molar-refractivity contribution in [3.05, 3.63) is 38.8 Å². The highest BCUT2D eigenvalue weighted by molar-refractivity contribution is 7.16. The maximum Gasteiger partial charge on any atom is 0.110 e. The van der Waals surface area contributed by atoms with E-state index in [1.54, 1.807) is 11.3 Å². The molecule has 0 spiro atoms. The van der Waals surface area contributed by atoms with Crippen molar-refractivity contribution in [2.75, 3.05) is 27.2 Å². The first kappa shape index (κ1) is 16.9. The summed E-state index contributed by atoms with van der Waals surface area (Å²) in [6, 6.07) is 6.11. The molecule has 2 aromatic rings. The third-order valence-corrected chi connectivity index (χ3v) is 5.22. The molecule has 1 unspecified atom stereocenters. The van der Waals surface area contributed by atoms with Gasteiger partial charge in [-0.2, -0.15) is 5.10 Å². The quantitative estimate of drug-likeness (QED) is 0.896. The second-order valence-electron chi connectivity index (χ2n) is 6.33. The van der Waals surface area contributed by atoms with E-state index in [9.17, 15) is 5.11 Å². The van der Waals surface area contributed by atoms with E-state index < -0.39 is 6.10 Å². The second-order valence-corrected chi connectivity index (χ2v) is 8.13. The monoisotopic (exact) mass is 354 g/mol. The van der Waals surface area contributed by atoms with Crippen molar-refractivity contribution >= 4 is 22.9 Å². The summed E-state index contributed by atoms with van der Waals surface area (Å²) in [6.45, 7) is 4.32. The molecule has 0 aliphatic carbocycles. The molecule has 1 atom stereocenters. The van der Waals surface area contributed by atoms with Gasteiger partial charge in [-0.25, -0.2) is 0 Å². The number of likely N-dealkylation sites (N-methyl/N-ethyl adjacent to an activating group) is 1. The van der Waals surface area contributed by atoms with E-state index in [1.165, 1.54) is 10.6 Å². The van der Waals surface area contributed by atoms with Crippen molar-refractivity contribution < 1.29 is 5.11 Å². The zero-order valence-electron chi connectivity index (χ0n) is 13.6. The lowest BCUT2D eigenvalue weighted by Gasteiger charge is -2.18. The molecule has 0 bridgehead atoms. The van der Waals surface area contributed by atoms with Gasteiger partial charge in [-0.15, -0.1) is 11.3 Å². The maximum atomic E-state index is 10.3. The van der Waals surface area contributed by atoms with Crippen LogP contribution in [0, 0.1) is 0 Å². The molecule has 3 heterocycles. The van der Waals surface area contributed by atoms with Gasteiger partial charge in [0.2, 0.25) is 0 Å². The third kappa shape index (κ3) is 4.33. The zero-order chi connectivity index (χ0) is 16.4. The van der Waals surface area contributed by atoms with Crippen LogP contribution < -0.4 is 0 Å². The fourth-order valence-corrected chi connectivity index (χ4v) is 4.08. The summed E-state index contributed by atoms with van der Waals surface area (Å²) in [4.78, 5) is 5.68. The fraction of sp³-hybridized carbons (Fsp3) is 0.562. The lowest BCUT2D eigenvalue weighted by molar-refractivity contribution is 0.133. The normalized spacial score (nSPS) is 17.3. The Bertz CT molecular complexity index is 654. The number of thiophene rings is 1. The number of aromatic nitrogens is 2. The SMILES string of the molecule is CN(C)CC(O)c1cc2n(n1)CCCN(Cc1ccc(Cl)s1)C2. The molecule has 0 radical (unpaired) electrons. The molecular weight excluding hydrogens is 332 g/mol. The minimum absolute atomic E-state index is 0.533. The molecule has 7 heteroatoms. The highest BCUT2D eigenvalue weighted by Gasteiger charge is 2.20. The molecule has 0 aromatic carbocycles. The summed E-state index contributed by atoms with van der Waals surface area (Å²) >= 11 is 7.67. The van der Waals surface area contributed by atoms with Gasteiger partial charge in [-0.05, 0) is 38.7 Å². The Morgan fingerprint density at radius 2 is 2.22 bits per heavy atom. The molecule has 5 nitrogen and oxygen atoms in total. The molecule has 126 valence electrons. The van der Waals surface area contributed by atoms with Gasteiger partial charge in [0, 0.05) is 37.6 Å². The summed E-state index contributed by atoms with van der Waals surface area (Å²) in [5.41, 5.74) is 1.95. The molecule has 0 saturated heterocycles. The number of aliphatic hydroxyl groups is 1. The molecule has 1 aliphatic heterocycles. The Balaban J connectivity index is 1.70. The number of aliphatic hydroxyl groups excluding tert-OH is 1. The van der Waals surface area contributed by atoms with Crippen molar-refractivity contribution in [2.45, 2.75) is 32.2 Å². The van der Waals surface area contributed by atoms with Crippen LogP contribution in [-0.2, 0) is 19.6 Å². The minimum Gasteiger partial charge on any atom is -0.385 e. The lowest BCUT2D eigenvalue weighted by Crippen LogP contribution is -2.22. The third-order valence-electron chi connectivity index (χ3n) is 4.00. The average Bonchev–Trinajstić information content (AvgIpc) is 3.01. The lowest BCUT2D eigenvalue weighted by atomic mass is 10.2. The Kier molecular flexibility index (Phi) is 5.38. The number of hydrogen-bond acceptors (Lipinski definition) is 5. The highest BCUT2D eigenvalue weighted by Crippen LogP contribution is 2.25. The zero-order valence-corrected chi connectivity index (χ0v) is 15.1. The predicted octanol–water partition coefficient (Wildman–Crippen LogP) is 2.60. The first-order chi connectivity index (χ1) is 11.0. The Hall–Kier alpha value is -0.920. The molecule has 2 aromatic heterocycles. The van der Waals surface area contributed by atoms with Crippen LogP contribution in [-0.4, -0.2) is 51.9 Å². The van der Waals surface area contributed by atoms with Crippen LogP contribution in [0.15, 0.2) is 18.2 Å². The van der Waals surface area contributed by atoms with Gasteiger partial charge >= 0.3 is 0 Å². The first-order valence-corrected chi connectivity index (χ1v) is 9.06. The molecule has 1 aliphatic rings. The van der Waals surface area contributed by atoms with Crippen LogP contribution >= 0.6 is 22.9 Å². The van der Waals surface area contributed by atoms with Crippen LogP contribution in [0.25, 0.3) is 0 Å². The molecular formula is C16H23ClN4OS. The van der Waals surface area contributed by atoms with Crippen LogP contribution in [0.1, 0.15) is 28.8 Å². The van der Waals surface area contributed by atoms with Crippen LogP contribution in [0.5, 0.6) is 0 Å². The number of fused-ring (bicyclic) bond motifs is 1. The van der Waals surface area contributed by atoms with Crippen molar-refractivity contribution in [3.63, 3.8) is 0 Å². The Morgan fingerprint density at radius 3 is 2.91 bits per heavy atom. The number of aryl methyl sites for hydroxylation is 1. The fourth-order valence-electron chi connectivity index (χ4n) is 2.95. The number of rotatable bonds is 5. The molecule has 0 amide bonds. The Morgan fingerprint density at radius 1 is 1.39 bits per heavy atom. The van der Waals surface area contributed by atoms with E-state index in [2.05, 4.69) is 20.7 Å². The summed E-state index contributed by atoms with van der Waals surface area (Å²) in [6.07, 6.45) is 0.533. The van der Waals surface area contributed by atoms with E-state index in [0.29, 0.717) is 6.54 Å². The van der Waals surface area contributed by atoms with Crippen molar-refractivity contribution in [3.8, 4) is 0 Å². The van der Waals surface area contributed by atoms with E-state index in [1.807, 2.05) is 31.1 Å². The number of halogens is 1. The standard InChI is InChI=1S/C16H23ClN4OS/c1-19(2)11-15(22)14-8-12-9-20(6-3-7-21(12)18-14)10-13-4-5-16(17)23-13/h4-5,8,15,22H,3,6-7,9-11H2,1-2H3. The summed E-state index contributed by atoms with van der Waals surface area (Å²) in [5, 5.41) is 14.9. The number of hydrogen-bond donors (Lipinski definition) is 1. The molecule has 23 heavy (non-hydrogen) atoms. The minimum atomic E-state index is -0.533. The van der Waals surface area contributed by atoms with E-state index in [-0.39, 0.29) is 0 Å². The van der Waals surface area contributed by atoms with Crippen molar-refractivity contribution in [2.24, 2.45) is 0 Å². The summed E-state index contributed by atoms with van der Waals surface area (Å²) in [5.74, 6) is 0. The summed E-state index contributed by atoms with van der Waals surface area (Å²) < 4.78 is 2.89. The maximum absolute atomic E-state index is 10.3. The average molecular weight is 355 g/mol. The predicted molar refractivity (Wildman–Crippen MR) is 93.8 cm³/mol. The molecule has 1 N–H and O–H groups in total. The smallest absolute Gasteiger partial charge is 0.110 e. The van der Waals surface area contributed by atoms with Gasteiger partial charge in [0.1, 0.15) is 6.10 Å². The molecule has 3 rings (SSSR count). The van der Waals surface area contributed by atoms with Gasteiger partial charge in [0.15, 0.2) is 0 Å². The van der Waals surface area contributed by atoms with Gasteiger partial charge in [0.05, 0.1) is 15.7 Å². The second kappa shape index (κ2) is 7.32. The van der Waals surface area contributed by atoms with Gasteiger partial charge in [0.25, 0.3) is 0 Å². The van der Waals surface area contributed by atoms with Crippen molar-refractivity contribution in [1.29, 1.82) is 0 Å². The van der Waals surface area contributed by atoms with Gasteiger partial charge in [-0.1, -0.05) is 11.6 Å². The van der Waals surface area contributed by atoms with E-state index in [4.69, 9.17) is 11.6 Å². The van der Waals surface area contributed by atoms with Gasteiger partial charge in [-0.3, -0.25) is 9.58 Å². The van der Waals surface area contributed by atoms with E-state index in [0.717, 1.165) is 42.6 Å². The molecule has 0 fully saturated rings. The van der Waals surface area contributed by atoms with Crippen molar-refractivity contribution in [1.82, 2.24) is 19.6 Å². The number of nitrogens with zero attached hydrogens (tertiary/aromatic N) is 4. The summed E-state index contributed by atoms with van der Waals surface area (Å²) in [7, 11) is 3.91. The van der Waals surface area contributed by atoms with Crippen LogP contribution in [0.2, 0.25) is 4.34 Å². The van der Waals surface area contributed by atoms with Crippen LogP contribution in [0.3, 0.4) is 0 Å². The van der Waals surface area contributed by atoms with E-state index >= 15 is 0 Å². The topological polar surface area (TPSA) is 44.5 Å². The molecule has 0 saturated carbocycles. The highest BCUT2D eigenvalue weighted by atomic mass is 35.5. The largest absolute Gasteiger partial charge is 0.385 e.